The lowest BCUT2D eigenvalue weighted by Gasteiger charge is -2.35. The second-order valence-electron chi connectivity index (χ2n) is 6.94. The molecule has 3 amide bonds. The van der Waals surface area contributed by atoms with Crippen LogP contribution < -0.4 is 10.6 Å². The van der Waals surface area contributed by atoms with Crippen LogP contribution >= 0.6 is 0 Å². The average Bonchev–Trinajstić information content (AvgIpc) is 2.62. The summed E-state index contributed by atoms with van der Waals surface area (Å²) in [6, 6.07) is -0.0718. The molecule has 2 rings (SSSR count). The number of amides is 3. The van der Waals surface area contributed by atoms with Gasteiger partial charge in [-0.05, 0) is 44.9 Å². The molecule has 0 spiro atoms. The number of nitrogens with zero attached hydrogens (tertiary/aromatic N) is 1. The molecule has 2 heterocycles. The molecule has 138 valence electrons. The van der Waals surface area contributed by atoms with Crippen LogP contribution in [-0.4, -0.2) is 56.2 Å². The highest BCUT2D eigenvalue weighted by molar-refractivity contribution is 5.79. The fourth-order valence-corrected chi connectivity index (χ4v) is 3.63. The molecule has 0 aromatic heterocycles. The van der Waals surface area contributed by atoms with Gasteiger partial charge in [-0.2, -0.15) is 0 Å². The molecule has 0 saturated carbocycles. The number of urea groups is 1. The third-order valence-electron chi connectivity index (χ3n) is 5.16. The molecule has 2 aliphatic rings. The van der Waals surface area contributed by atoms with E-state index < -0.39 is 0 Å². The minimum atomic E-state index is -0.0718. The molecule has 2 saturated heterocycles. The summed E-state index contributed by atoms with van der Waals surface area (Å²) in [5.41, 5.74) is 0. The van der Waals surface area contributed by atoms with Crippen molar-refractivity contribution < 1.29 is 14.3 Å². The van der Waals surface area contributed by atoms with E-state index in [1.165, 1.54) is 6.42 Å². The normalized spacial score (nSPS) is 20.0. The van der Waals surface area contributed by atoms with E-state index >= 15 is 0 Å². The molecule has 2 N–H and O–H groups in total. The molecular weight excluding hydrogens is 306 g/mol. The predicted octanol–water partition coefficient (Wildman–Crippen LogP) is 2.14. The molecule has 0 unspecified atom stereocenters. The van der Waals surface area contributed by atoms with E-state index in [2.05, 4.69) is 15.5 Å². The number of piperidine rings is 1. The van der Waals surface area contributed by atoms with Gasteiger partial charge >= 0.3 is 6.03 Å². The number of carbonyl (C=O) groups excluding carboxylic acids is 2. The van der Waals surface area contributed by atoms with Gasteiger partial charge < -0.3 is 20.3 Å². The Kier molecular flexibility index (Phi) is 8.36. The van der Waals surface area contributed by atoms with E-state index in [0.29, 0.717) is 12.5 Å². The summed E-state index contributed by atoms with van der Waals surface area (Å²) in [6.45, 7) is 6.62. The Hall–Kier alpha value is -1.30. The van der Waals surface area contributed by atoms with Gasteiger partial charge in [0.25, 0.3) is 0 Å². The van der Waals surface area contributed by atoms with Crippen LogP contribution in [0, 0.1) is 11.8 Å². The molecule has 24 heavy (non-hydrogen) atoms. The first kappa shape index (κ1) is 19.0. The van der Waals surface area contributed by atoms with Crippen LogP contribution in [0.4, 0.5) is 4.79 Å². The van der Waals surface area contributed by atoms with Gasteiger partial charge in [0, 0.05) is 45.3 Å². The van der Waals surface area contributed by atoms with Crippen molar-refractivity contribution in [1.29, 1.82) is 0 Å². The van der Waals surface area contributed by atoms with E-state index in [9.17, 15) is 9.59 Å². The van der Waals surface area contributed by atoms with Gasteiger partial charge in [-0.25, -0.2) is 4.79 Å². The number of unbranched alkanes of at least 4 members (excludes halogenated alkanes) is 1. The van der Waals surface area contributed by atoms with Crippen LogP contribution in [0.3, 0.4) is 0 Å². The van der Waals surface area contributed by atoms with E-state index in [-0.39, 0.29) is 11.9 Å². The smallest absolute Gasteiger partial charge is 0.314 e. The minimum absolute atomic E-state index is 0.0718. The van der Waals surface area contributed by atoms with E-state index in [1.807, 2.05) is 6.92 Å². The van der Waals surface area contributed by atoms with Crippen LogP contribution in [0.5, 0.6) is 0 Å². The highest BCUT2D eigenvalue weighted by Crippen LogP contribution is 2.25. The fraction of sp³-hybridized carbons (Fsp3) is 0.889. The molecule has 0 aliphatic carbocycles. The van der Waals surface area contributed by atoms with E-state index in [1.54, 1.807) is 0 Å². The van der Waals surface area contributed by atoms with Crippen molar-refractivity contribution in [3.05, 3.63) is 0 Å². The van der Waals surface area contributed by atoms with Gasteiger partial charge in [0.1, 0.15) is 0 Å². The zero-order valence-corrected chi connectivity index (χ0v) is 15.0. The van der Waals surface area contributed by atoms with Gasteiger partial charge in [-0.3, -0.25) is 4.79 Å². The van der Waals surface area contributed by atoms with Crippen LogP contribution in [-0.2, 0) is 9.53 Å². The average molecular weight is 339 g/mol. The Morgan fingerprint density at radius 3 is 2.42 bits per heavy atom. The summed E-state index contributed by atoms with van der Waals surface area (Å²) in [7, 11) is 0. The zero-order valence-electron chi connectivity index (χ0n) is 15.0. The van der Waals surface area contributed by atoms with Crippen molar-refractivity contribution in [3.8, 4) is 0 Å². The standard InChI is InChI=1S/C18H33N3O3/c1-2-19-18(23)20-10-4-3-5-15-6-11-21(12-7-15)17(22)16-8-13-24-14-9-16/h15-16H,2-14H2,1H3,(H2,19,20,23). The van der Waals surface area contributed by atoms with Crippen LogP contribution in [0.15, 0.2) is 0 Å². The zero-order chi connectivity index (χ0) is 17.2. The van der Waals surface area contributed by atoms with Gasteiger partial charge in [0.05, 0.1) is 0 Å². The summed E-state index contributed by atoms with van der Waals surface area (Å²) in [5.74, 6) is 1.27. The maximum Gasteiger partial charge on any atom is 0.314 e. The lowest BCUT2D eigenvalue weighted by atomic mass is 9.90. The van der Waals surface area contributed by atoms with Crippen molar-refractivity contribution in [2.24, 2.45) is 11.8 Å². The highest BCUT2D eigenvalue weighted by atomic mass is 16.5. The molecule has 0 atom stereocenters. The maximum absolute atomic E-state index is 12.5. The molecular formula is C18H33N3O3. The third-order valence-corrected chi connectivity index (χ3v) is 5.16. The summed E-state index contributed by atoms with van der Waals surface area (Å²) in [6.07, 6.45) is 7.39. The molecule has 2 aliphatic heterocycles. The molecule has 0 aromatic carbocycles. The first-order valence-electron chi connectivity index (χ1n) is 9.59. The molecule has 0 bridgehead atoms. The first-order chi connectivity index (χ1) is 11.7. The number of rotatable bonds is 7. The van der Waals surface area contributed by atoms with Gasteiger partial charge in [-0.15, -0.1) is 0 Å². The monoisotopic (exact) mass is 339 g/mol. The first-order valence-corrected chi connectivity index (χ1v) is 9.59. The molecule has 6 heteroatoms. The topological polar surface area (TPSA) is 70.7 Å². The predicted molar refractivity (Wildman–Crippen MR) is 93.8 cm³/mol. The van der Waals surface area contributed by atoms with Crippen LogP contribution in [0.1, 0.15) is 51.9 Å². The minimum Gasteiger partial charge on any atom is -0.381 e. The summed E-state index contributed by atoms with van der Waals surface area (Å²) in [5, 5.41) is 5.60. The SMILES string of the molecule is CCNC(=O)NCCCCC1CCN(C(=O)C2CCOCC2)CC1. The maximum atomic E-state index is 12.5. The number of hydrogen-bond acceptors (Lipinski definition) is 3. The molecule has 6 nitrogen and oxygen atoms in total. The van der Waals surface area contributed by atoms with Crippen molar-refractivity contribution in [2.45, 2.75) is 51.9 Å². The number of hydrogen-bond donors (Lipinski definition) is 2. The Morgan fingerprint density at radius 2 is 1.75 bits per heavy atom. The Morgan fingerprint density at radius 1 is 1.04 bits per heavy atom. The Bertz CT molecular complexity index is 389. The molecule has 0 aromatic rings. The summed E-state index contributed by atoms with van der Waals surface area (Å²) < 4.78 is 5.35. The number of carbonyl (C=O) groups is 2. The third kappa shape index (κ3) is 6.30. The van der Waals surface area contributed by atoms with E-state index in [4.69, 9.17) is 4.74 Å². The quantitative estimate of drug-likeness (QED) is 0.698. The van der Waals surface area contributed by atoms with Crippen molar-refractivity contribution >= 4 is 11.9 Å². The number of likely N-dealkylation sites (tertiary alicyclic amines) is 1. The summed E-state index contributed by atoms with van der Waals surface area (Å²) in [4.78, 5) is 25.8. The highest BCUT2D eigenvalue weighted by Gasteiger charge is 2.29. The van der Waals surface area contributed by atoms with Gasteiger partial charge in [0.15, 0.2) is 0 Å². The van der Waals surface area contributed by atoms with Crippen LogP contribution in [0.25, 0.3) is 0 Å². The number of ether oxygens (including phenoxy) is 1. The largest absolute Gasteiger partial charge is 0.381 e. The molecule has 0 radical (unpaired) electrons. The number of nitrogens with one attached hydrogen (secondary N) is 2. The van der Waals surface area contributed by atoms with Crippen molar-refractivity contribution in [3.63, 3.8) is 0 Å². The lowest BCUT2D eigenvalue weighted by molar-refractivity contribution is -0.140. The van der Waals surface area contributed by atoms with Crippen LogP contribution in [0.2, 0.25) is 0 Å². The second-order valence-corrected chi connectivity index (χ2v) is 6.94. The Labute approximate surface area is 145 Å². The summed E-state index contributed by atoms with van der Waals surface area (Å²) >= 11 is 0. The van der Waals surface area contributed by atoms with E-state index in [0.717, 1.165) is 77.3 Å². The lowest BCUT2D eigenvalue weighted by Crippen LogP contribution is -2.43. The fourth-order valence-electron chi connectivity index (χ4n) is 3.63. The Balaban J connectivity index is 1.54. The molecule has 2 fully saturated rings. The second kappa shape index (κ2) is 10.5. The van der Waals surface area contributed by atoms with Crippen molar-refractivity contribution in [1.82, 2.24) is 15.5 Å². The van der Waals surface area contributed by atoms with Gasteiger partial charge in [-0.1, -0.05) is 12.8 Å². The van der Waals surface area contributed by atoms with Gasteiger partial charge in [0.2, 0.25) is 5.91 Å². The van der Waals surface area contributed by atoms with Crippen molar-refractivity contribution in [2.75, 3.05) is 39.4 Å².